The van der Waals surface area contributed by atoms with E-state index in [0.29, 0.717) is 31.1 Å². The Labute approximate surface area is 151 Å². The number of alkyl halides is 1. The number of halogens is 1. The molecule has 136 valence electrons. The highest BCUT2D eigenvalue weighted by Crippen LogP contribution is 2.22. The molecule has 3 aromatic rings. The van der Waals surface area contributed by atoms with Crippen molar-refractivity contribution in [3.63, 3.8) is 0 Å². The van der Waals surface area contributed by atoms with E-state index in [0.717, 1.165) is 16.8 Å². The first-order chi connectivity index (χ1) is 12.7. The number of nitrogens with one attached hydrogen (secondary N) is 1. The van der Waals surface area contributed by atoms with Crippen LogP contribution in [0.3, 0.4) is 0 Å². The Bertz CT molecular complexity index is 852. The third-order valence-electron chi connectivity index (χ3n) is 4.56. The first-order valence-electron chi connectivity index (χ1n) is 8.62. The summed E-state index contributed by atoms with van der Waals surface area (Å²) in [6.07, 6.45) is 0.226. The Morgan fingerprint density at radius 3 is 3.04 bits per heavy atom. The lowest BCUT2D eigenvalue weighted by molar-refractivity contribution is 0.00863. The molecular formula is C19H21FN4O2. The number of aromatic amines is 1. The largest absolute Gasteiger partial charge is 0.497 e. The Morgan fingerprint density at radius 2 is 2.19 bits per heavy atom. The van der Waals surface area contributed by atoms with Crippen molar-refractivity contribution in [1.82, 2.24) is 19.9 Å². The molecule has 0 bridgehead atoms. The fourth-order valence-electron chi connectivity index (χ4n) is 3.27. The van der Waals surface area contributed by atoms with E-state index in [4.69, 9.17) is 9.47 Å². The number of ether oxygens (including phenoxy) is 2. The van der Waals surface area contributed by atoms with E-state index in [1.54, 1.807) is 13.3 Å². The minimum atomic E-state index is -1.01. The number of hydrogen-bond donors (Lipinski definition) is 1. The van der Waals surface area contributed by atoms with E-state index in [9.17, 15) is 4.39 Å². The predicted octanol–water partition coefficient (Wildman–Crippen LogP) is 2.71. The van der Waals surface area contributed by atoms with Crippen LogP contribution < -0.4 is 4.74 Å². The molecule has 0 unspecified atom stereocenters. The molecule has 4 rings (SSSR count). The lowest BCUT2D eigenvalue weighted by Crippen LogP contribution is -2.24. The van der Waals surface area contributed by atoms with Gasteiger partial charge in [-0.2, -0.15) is 0 Å². The second-order valence-corrected chi connectivity index (χ2v) is 6.47. The Kier molecular flexibility index (Phi) is 4.81. The maximum absolute atomic E-state index is 14.4. The number of aromatic nitrogens is 3. The highest BCUT2D eigenvalue weighted by Gasteiger charge is 2.33. The molecule has 1 aromatic carbocycles. The molecule has 1 aliphatic heterocycles. The lowest BCUT2D eigenvalue weighted by Gasteiger charge is -2.16. The van der Waals surface area contributed by atoms with Gasteiger partial charge in [-0.3, -0.25) is 4.90 Å². The van der Waals surface area contributed by atoms with Gasteiger partial charge in [0.1, 0.15) is 30.5 Å². The number of likely N-dealkylation sites (tertiary alicyclic amines) is 1. The Hall–Kier alpha value is -2.51. The van der Waals surface area contributed by atoms with E-state index in [1.165, 1.54) is 0 Å². The smallest absolute Gasteiger partial charge is 0.177 e. The van der Waals surface area contributed by atoms with Crippen LogP contribution in [0.4, 0.5) is 4.39 Å². The summed E-state index contributed by atoms with van der Waals surface area (Å²) in [5.74, 6) is 1.47. The maximum atomic E-state index is 14.4. The molecule has 0 aliphatic carbocycles. The fraction of sp³-hybridized carbons (Fsp3) is 0.368. The van der Waals surface area contributed by atoms with Crippen LogP contribution in [-0.2, 0) is 17.9 Å². The van der Waals surface area contributed by atoms with Crippen LogP contribution in [0.25, 0.3) is 11.2 Å². The molecule has 0 spiro atoms. The summed E-state index contributed by atoms with van der Waals surface area (Å²) in [7, 11) is 1.64. The summed E-state index contributed by atoms with van der Waals surface area (Å²) in [6, 6.07) is 11.6. The molecule has 1 N–H and O–H groups in total. The molecule has 0 saturated carbocycles. The maximum Gasteiger partial charge on any atom is 0.177 e. The fourth-order valence-corrected chi connectivity index (χ4v) is 3.27. The number of imidazole rings is 1. The number of pyridine rings is 1. The van der Waals surface area contributed by atoms with Gasteiger partial charge in [-0.1, -0.05) is 12.1 Å². The van der Waals surface area contributed by atoms with Gasteiger partial charge in [0, 0.05) is 25.8 Å². The van der Waals surface area contributed by atoms with Crippen LogP contribution >= 0.6 is 0 Å². The summed E-state index contributed by atoms with van der Waals surface area (Å²) in [6.45, 7) is 1.83. The van der Waals surface area contributed by atoms with Crippen LogP contribution in [0.15, 0.2) is 42.6 Å². The van der Waals surface area contributed by atoms with Crippen molar-refractivity contribution in [1.29, 1.82) is 0 Å². The minimum absolute atomic E-state index is 0.244. The van der Waals surface area contributed by atoms with Gasteiger partial charge in [-0.15, -0.1) is 0 Å². The highest BCUT2D eigenvalue weighted by atomic mass is 19.1. The van der Waals surface area contributed by atoms with Gasteiger partial charge in [0.05, 0.1) is 12.6 Å². The standard InChI is InChI=1S/C19H21FN4O2/c1-25-14-5-2-4-13(8-14)9-24-10-15(20)17(11-24)26-12-18-22-16-6-3-7-21-19(16)23-18/h2-8,15,17H,9-12H2,1H3,(H,21,22,23)/t15-,17+/m1/s1. The van der Waals surface area contributed by atoms with Gasteiger partial charge < -0.3 is 14.5 Å². The number of methoxy groups -OCH3 is 1. The van der Waals surface area contributed by atoms with E-state index in [1.807, 2.05) is 36.4 Å². The zero-order valence-electron chi connectivity index (χ0n) is 14.6. The molecule has 3 heterocycles. The average molecular weight is 356 g/mol. The van der Waals surface area contributed by atoms with Crippen molar-refractivity contribution in [2.75, 3.05) is 20.2 Å². The normalized spacial score (nSPS) is 20.7. The molecule has 6 nitrogen and oxygen atoms in total. The average Bonchev–Trinajstić information content (AvgIpc) is 3.22. The van der Waals surface area contributed by atoms with Gasteiger partial charge in [0.2, 0.25) is 0 Å². The minimum Gasteiger partial charge on any atom is -0.497 e. The lowest BCUT2D eigenvalue weighted by atomic mass is 10.2. The van der Waals surface area contributed by atoms with Crippen LogP contribution in [0.2, 0.25) is 0 Å². The van der Waals surface area contributed by atoms with Crippen molar-refractivity contribution in [2.45, 2.75) is 25.4 Å². The van der Waals surface area contributed by atoms with Crippen molar-refractivity contribution < 1.29 is 13.9 Å². The number of benzene rings is 1. The summed E-state index contributed by atoms with van der Waals surface area (Å²) < 4.78 is 25.4. The van der Waals surface area contributed by atoms with Crippen molar-refractivity contribution in [3.8, 4) is 5.75 Å². The quantitative estimate of drug-likeness (QED) is 0.736. The molecule has 1 fully saturated rings. The Morgan fingerprint density at radius 1 is 1.27 bits per heavy atom. The summed E-state index contributed by atoms with van der Waals surface area (Å²) >= 11 is 0. The van der Waals surface area contributed by atoms with Crippen LogP contribution in [0, 0.1) is 0 Å². The van der Waals surface area contributed by atoms with Gasteiger partial charge >= 0.3 is 0 Å². The van der Waals surface area contributed by atoms with Crippen LogP contribution in [0.1, 0.15) is 11.4 Å². The van der Waals surface area contributed by atoms with Crippen LogP contribution in [-0.4, -0.2) is 52.3 Å². The summed E-state index contributed by atoms with van der Waals surface area (Å²) in [5, 5.41) is 0. The molecule has 0 radical (unpaired) electrons. The van der Waals surface area contributed by atoms with E-state index < -0.39 is 12.3 Å². The van der Waals surface area contributed by atoms with Gasteiger partial charge in [-0.25, -0.2) is 14.4 Å². The monoisotopic (exact) mass is 356 g/mol. The van der Waals surface area contributed by atoms with Crippen molar-refractivity contribution in [2.24, 2.45) is 0 Å². The number of hydrogen-bond acceptors (Lipinski definition) is 5. The summed E-state index contributed by atoms with van der Waals surface area (Å²) in [5.41, 5.74) is 2.60. The highest BCUT2D eigenvalue weighted by molar-refractivity contribution is 5.69. The second kappa shape index (κ2) is 7.39. The predicted molar refractivity (Wildman–Crippen MR) is 95.6 cm³/mol. The second-order valence-electron chi connectivity index (χ2n) is 6.47. The van der Waals surface area contributed by atoms with Gasteiger partial charge in [0.25, 0.3) is 0 Å². The number of rotatable bonds is 6. The van der Waals surface area contributed by atoms with Crippen LogP contribution in [0.5, 0.6) is 5.75 Å². The molecule has 7 heteroatoms. The zero-order valence-corrected chi connectivity index (χ0v) is 14.6. The molecule has 2 aromatic heterocycles. The van der Waals surface area contributed by atoms with Gasteiger partial charge in [0.15, 0.2) is 5.65 Å². The van der Waals surface area contributed by atoms with Crippen molar-refractivity contribution >= 4 is 11.2 Å². The third kappa shape index (κ3) is 3.68. The molecule has 2 atom stereocenters. The molecule has 1 aliphatic rings. The Balaban J connectivity index is 1.34. The summed E-state index contributed by atoms with van der Waals surface area (Å²) in [4.78, 5) is 13.8. The van der Waals surface area contributed by atoms with Crippen molar-refractivity contribution in [3.05, 3.63) is 54.0 Å². The molecule has 0 amide bonds. The SMILES string of the molecule is COc1cccc(CN2C[C@@H](F)[C@@H](OCc3nc4ncccc4[nH]3)C2)c1. The topological polar surface area (TPSA) is 63.3 Å². The van der Waals surface area contributed by atoms with Gasteiger partial charge in [-0.05, 0) is 29.8 Å². The molecular weight excluding hydrogens is 335 g/mol. The zero-order chi connectivity index (χ0) is 17.9. The third-order valence-corrected chi connectivity index (χ3v) is 4.56. The van der Waals surface area contributed by atoms with E-state index >= 15 is 0 Å². The number of nitrogens with zero attached hydrogens (tertiary/aromatic N) is 3. The molecule has 26 heavy (non-hydrogen) atoms. The van der Waals surface area contributed by atoms with E-state index in [-0.39, 0.29) is 6.61 Å². The molecule has 1 saturated heterocycles. The van der Waals surface area contributed by atoms with E-state index in [2.05, 4.69) is 19.9 Å². The number of fused-ring (bicyclic) bond motifs is 1. The first kappa shape index (κ1) is 16.9. The first-order valence-corrected chi connectivity index (χ1v) is 8.62. The number of H-pyrrole nitrogens is 1.